The number of aryl methyl sites for hydroxylation is 2. The smallest absolute Gasteiger partial charge is 0.340 e. The number of anilines is 2. The second kappa shape index (κ2) is 10.8. The molecule has 178 valence electrons. The zero-order chi connectivity index (χ0) is 24.7. The summed E-state index contributed by atoms with van der Waals surface area (Å²) >= 11 is 0. The summed E-state index contributed by atoms with van der Waals surface area (Å²) in [6.07, 6.45) is 0. The molecule has 2 N–H and O–H groups in total. The third-order valence-corrected chi connectivity index (χ3v) is 6.34. The van der Waals surface area contributed by atoms with Crippen LogP contribution in [0.3, 0.4) is 0 Å². The van der Waals surface area contributed by atoms with Crippen molar-refractivity contribution in [2.45, 2.75) is 25.7 Å². The lowest BCUT2D eigenvalue weighted by Gasteiger charge is -2.13. The number of sulfonamides is 1. The van der Waals surface area contributed by atoms with Gasteiger partial charge in [-0.05, 0) is 80.4 Å². The Morgan fingerprint density at radius 2 is 1.62 bits per heavy atom. The van der Waals surface area contributed by atoms with Gasteiger partial charge in [0.1, 0.15) is 5.75 Å². The summed E-state index contributed by atoms with van der Waals surface area (Å²) in [7, 11) is -3.97. The summed E-state index contributed by atoms with van der Waals surface area (Å²) in [6, 6.07) is 17.4. The van der Waals surface area contributed by atoms with E-state index in [1.54, 1.807) is 30.3 Å². The molecular formula is C25H26N2O6S. The van der Waals surface area contributed by atoms with E-state index in [4.69, 9.17) is 9.47 Å². The third kappa shape index (κ3) is 6.35. The minimum atomic E-state index is -3.97. The van der Waals surface area contributed by atoms with Crippen LogP contribution in [0.2, 0.25) is 0 Å². The number of amides is 1. The number of esters is 1. The SMILES string of the molecule is CCOc1ccc(S(=O)(=O)Nc2ccccc2C(=O)OCC(=O)Nc2ccc(C)c(C)c2)cc1. The summed E-state index contributed by atoms with van der Waals surface area (Å²) < 4.78 is 38.4. The summed E-state index contributed by atoms with van der Waals surface area (Å²) in [5.74, 6) is -0.797. The molecule has 0 aromatic heterocycles. The first-order chi connectivity index (χ1) is 16.2. The number of nitrogens with one attached hydrogen (secondary N) is 2. The lowest BCUT2D eigenvalue weighted by Crippen LogP contribution is -2.22. The molecular weight excluding hydrogens is 456 g/mol. The van der Waals surface area contributed by atoms with E-state index in [0.717, 1.165) is 11.1 Å². The number of benzene rings is 3. The van der Waals surface area contributed by atoms with Crippen molar-refractivity contribution in [1.82, 2.24) is 0 Å². The maximum absolute atomic E-state index is 12.8. The van der Waals surface area contributed by atoms with Gasteiger partial charge >= 0.3 is 5.97 Å². The van der Waals surface area contributed by atoms with E-state index in [1.807, 2.05) is 32.9 Å². The highest BCUT2D eigenvalue weighted by Gasteiger charge is 2.20. The Balaban J connectivity index is 1.67. The van der Waals surface area contributed by atoms with Crippen LogP contribution in [0.25, 0.3) is 0 Å². The number of hydrogen-bond donors (Lipinski definition) is 2. The third-order valence-electron chi connectivity index (χ3n) is 4.96. The maximum atomic E-state index is 12.8. The molecule has 0 aliphatic heterocycles. The van der Waals surface area contributed by atoms with E-state index in [9.17, 15) is 18.0 Å². The number of rotatable bonds is 9. The van der Waals surface area contributed by atoms with E-state index in [2.05, 4.69) is 10.0 Å². The molecule has 0 heterocycles. The molecule has 0 aliphatic carbocycles. The van der Waals surface area contributed by atoms with Gasteiger partial charge in [-0.2, -0.15) is 0 Å². The van der Waals surface area contributed by atoms with Gasteiger partial charge in [-0.3, -0.25) is 9.52 Å². The molecule has 0 atom stereocenters. The molecule has 0 unspecified atom stereocenters. The summed E-state index contributed by atoms with van der Waals surface area (Å²) in [5, 5.41) is 2.67. The van der Waals surface area contributed by atoms with Crippen molar-refractivity contribution >= 4 is 33.3 Å². The van der Waals surface area contributed by atoms with E-state index < -0.39 is 28.5 Å². The van der Waals surface area contributed by atoms with Crippen LogP contribution < -0.4 is 14.8 Å². The van der Waals surface area contributed by atoms with Crippen molar-refractivity contribution in [3.05, 3.63) is 83.4 Å². The standard InChI is InChI=1S/C25H26N2O6S/c1-4-32-20-11-13-21(14-12-20)34(30,31)27-23-8-6-5-7-22(23)25(29)33-16-24(28)26-19-10-9-17(2)18(3)15-19/h5-15,27H,4,16H2,1-3H3,(H,26,28). The molecule has 8 nitrogen and oxygen atoms in total. The Kier molecular flexibility index (Phi) is 7.91. The van der Waals surface area contributed by atoms with Gasteiger partial charge in [-0.1, -0.05) is 18.2 Å². The van der Waals surface area contributed by atoms with E-state index in [1.165, 1.54) is 24.3 Å². The second-order valence-electron chi connectivity index (χ2n) is 7.48. The van der Waals surface area contributed by atoms with Crippen molar-refractivity contribution in [3.8, 4) is 5.75 Å². The van der Waals surface area contributed by atoms with E-state index >= 15 is 0 Å². The lowest BCUT2D eigenvalue weighted by atomic mass is 10.1. The van der Waals surface area contributed by atoms with E-state index in [0.29, 0.717) is 18.0 Å². The van der Waals surface area contributed by atoms with Crippen LogP contribution in [-0.4, -0.2) is 33.5 Å². The first-order valence-electron chi connectivity index (χ1n) is 10.6. The molecule has 0 aliphatic rings. The Bertz CT molecular complexity index is 1290. The normalized spacial score (nSPS) is 10.9. The number of carbonyl (C=O) groups excluding carboxylic acids is 2. The molecule has 3 aromatic rings. The van der Waals surface area contributed by atoms with E-state index in [-0.39, 0.29) is 16.1 Å². The number of para-hydroxylation sites is 1. The number of ether oxygens (including phenoxy) is 2. The van der Waals surface area contributed by atoms with Crippen LogP contribution in [0.15, 0.2) is 71.6 Å². The second-order valence-corrected chi connectivity index (χ2v) is 9.16. The van der Waals surface area contributed by atoms with Crippen molar-refractivity contribution in [1.29, 1.82) is 0 Å². The summed E-state index contributed by atoms with van der Waals surface area (Å²) in [6.45, 7) is 5.66. The number of carbonyl (C=O) groups is 2. The Labute approximate surface area is 199 Å². The van der Waals surface area contributed by atoms with Crippen molar-refractivity contribution < 1.29 is 27.5 Å². The van der Waals surface area contributed by atoms with Crippen LogP contribution in [0.5, 0.6) is 5.75 Å². The first kappa shape index (κ1) is 24.8. The van der Waals surface area contributed by atoms with Gasteiger partial charge in [0.15, 0.2) is 6.61 Å². The summed E-state index contributed by atoms with van der Waals surface area (Å²) in [5.41, 5.74) is 2.72. The Hall–Kier alpha value is -3.85. The van der Waals surface area contributed by atoms with Gasteiger partial charge in [0, 0.05) is 5.69 Å². The zero-order valence-electron chi connectivity index (χ0n) is 19.1. The fourth-order valence-electron chi connectivity index (χ4n) is 3.06. The minimum absolute atomic E-state index is 0.00638. The largest absolute Gasteiger partial charge is 0.494 e. The predicted molar refractivity (Wildman–Crippen MR) is 130 cm³/mol. The molecule has 0 radical (unpaired) electrons. The van der Waals surface area contributed by atoms with Gasteiger partial charge < -0.3 is 14.8 Å². The highest BCUT2D eigenvalue weighted by molar-refractivity contribution is 7.92. The fourth-order valence-corrected chi connectivity index (χ4v) is 4.14. The maximum Gasteiger partial charge on any atom is 0.340 e. The lowest BCUT2D eigenvalue weighted by molar-refractivity contribution is -0.119. The fraction of sp³-hybridized carbons (Fsp3) is 0.200. The predicted octanol–water partition coefficient (Wildman–Crippen LogP) is 4.30. The average molecular weight is 483 g/mol. The minimum Gasteiger partial charge on any atom is -0.494 e. The van der Waals surface area contributed by atoms with Gasteiger partial charge in [-0.15, -0.1) is 0 Å². The molecule has 3 aromatic carbocycles. The van der Waals surface area contributed by atoms with Crippen molar-refractivity contribution in [3.63, 3.8) is 0 Å². The molecule has 9 heteroatoms. The molecule has 0 spiro atoms. The van der Waals surface area contributed by atoms with Gasteiger partial charge in [0.25, 0.3) is 15.9 Å². The highest BCUT2D eigenvalue weighted by Crippen LogP contribution is 2.23. The molecule has 34 heavy (non-hydrogen) atoms. The summed E-state index contributed by atoms with van der Waals surface area (Å²) in [4.78, 5) is 24.8. The Morgan fingerprint density at radius 1 is 0.912 bits per heavy atom. The van der Waals surface area contributed by atoms with Crippen LogP contribution >= 0.6 is 0 Å². The van der Waals surface area contributed by atoms with Crippen molar-refractivity contribution in [2.75, 3.05) is 23.3 Å². The topological polar surface area (TPSA) is 111 Å². The molecule has 0 bridgehead atoms. The van der Waals surface area contributed by atoms with Gasteiger partial charge in [-0.25, -0.2) is 13.2 Å². The number of hydrogen-bond acceptors (Lipinski definition) is 6. The molecule has 0 saturated carbocycles. The Morgan fingerprint density at radius 3 is 2.29 bits per heavy atom. The molecule has 0 fully saturated rings. The van der Waals surface area contributed by atoms with Crippen LogP contribution in [0.1, 0.15) is 28.4 Å². The van der Waals surface area contributed by atoms with Crippen LogP contribution in [0, 0.1) is 13.8 Å². The highest BCUT2D eigenvalue weighted by atomic mass is 32.2. The molecule has 3 rings (SSSR count). The quantitative estimate of drug-likeness (QED) is 0.440. The monoisotopic (exact) mass is 482 g/mol. The van der Waals surface area contributed by atoms with Crippen LogP contribution in [-0.2, 0) is 19.6 Å². The first-order valence-corrected chi connectivity index (χ1v) is 12.1. The van der Waals surface area contributed by atoms with Gasteiger partial charge in [0.2, 0.25) is 0 Å². The molecule has 1 amide bonds. The van der Waals surface area contributed by atoms with Crippen LogP contribution in [0.4, 0.5) is 11.4 Å². The molecule has 0 saturated heterocycles. The zero-order valence-corrected chi connectivity index (χ0v) is 19.9. The van der Waals surface area contributed by atoms with Crippen molar-refractivity contribution in [2.24, 2.45) is 0 Å². The average Bonchev–Trinajstić information content (AvgIpc) is 2.80. The van der Waals surface area contributed by atoms with Gasteiger partial charge in [0.05, 0.1) is 22.8 Å².